The second-order valence-corrected chi connectivity index (χ2v) is 7.87. The summed E-state index contributed by atoms with van der Waals surface area (Å²) in [5, 5.41) is 0. The molecule has 24 heavy (non-hydrogen) atoms. The first-order valence-electron chi connectivity index (χ1n) is 8.54. The Hall–Kier alpha value is -2.11. The van der Waals surface area contributed by atoms with Crippen LogP contribution in [0, 0.1) is 6.92 Å². The summed E-state index contributed by atoms with van der Waals surface area (Å²) in [6.07, 6.45) is 3.50. The van der Waals surface area contributed by atoms with Crippen LogP contribution in [0.3, 0.4) is 0 Å². The third-order valence-electron chi connectivity index (χ3n) is 4.64. The molecular formula is C23H28O. The first-order valence-corrected chi connectivity index (χ1v) is 8.54. The molecule has 126 valence electrons. The van der Waals surface area contributed by atoms with Crippen LogP contribution in [0.2, 0.25) is 0 Å². The van der Waals surface area contributed by atoms with Gasteiger partial charge < -0.3 is 0 Å². The minimum Gasteiger partial charge on any atom is -0.294 e. The number of hydrogen-bond acceptors (Lipinski definition) is 1. The van der Waals surface area contributed by atoms with Crippen LogP contribution in [0.5, 0.6) is 0 Å². The van der Waals surface area contributed by atoms with E-state index in [-0.39, 0.29) is 11.2 Å². The summed E-state index contributed by atoms with van der Waals surface area (Å²) in [7, 11) is 0. The van der Waals surface area contributed by atoms with Gasteiger partial charge in [0.15, 0.2) is 5.78 Å². The second-order valence-electron chi connectivity index (χ2n) is 7.87. The molecule has 0 saturated carbocycles. The van der Waals surface area contributed by atoms with E-state index in [1.807, 2.05) is 19.1 Å². The molecule has 1 aliphatic carbocycles. The summed E-state index contributed by atoms with van der Waals surface area (Å²) in [5.41, 5.74) is 10.8. The first kappa shape index (κ1) is 18.2. The number of benzene rings is 1. The molecule has 0 aromatic heterocycles. The predicted molar refractivity (Wildman–Crippen MR) is 103 cm³/mol. The molecule has 0 bridgehead atoms. The summed E-state index contributed by atoms with van der Waals surface area (Å²) in [6, 6.07) is 6.17. The average molecular weight is 320 g/mol. The van der Waals surface area contributed by atoms with Crippen molar-refractivity contribution in [2.45, 2.75) is 59.8 Å². The van der Waals surface area contributed by atoms with Crippen molar-refractivity contribution in [2.24, 2.45) is 0 Å². The molecular weight excluding hydrogens is 292 g/mol. The standard InChI is InChI=1S/C23H28O/c1-8-16(3)20-13-18(12-17(20)4)14-22(24)19-10-9-15(2)11-21(19)23(5,6)7/h9-11,13H,1,12,14H2,2-7H3. The molecule has 0 saturated heterocycles. The number of aryl methyl sites for hydroxylation is 1. The minimum atomic E-state index is -0.0391. The van der Waals surface area contributed by atoms with Crippen LogP contribution in [0.15, 0.2) is 58.9 Å². The highest BCUT2D eigenvalue weighted by atomic mass is 16.1. The Bertz CT molecular complexity index is 788. The van der Waals surface area contributed by atoms with Crippen molar-refractivity contribution in [2.75, 3.05) is 0 Å². The van der Waals surface area contributed by atoms with Crippen molar-refractivity contribution in [3.05, 3.63) is 75.6 Å². The Labute approximate surface area is 146 Å². The van der Waals surface area contributed by atoms with Gasteiger partial charge in [-0.1, -0.05) is 68.3 Å². The van der Waals surface area contributed by atoms with Crippen LogP contribution in [-0.4, -0.2) is 5.78 Å². The van der Waals surface area contributed by atoms with Gasteiger partial charge >= 0.3 is 0 Å². The molecule has 1 nitrogen and oxygen atoms in total. The molecule has 2 rings (SSSR count). The third kappa shape index (κ3) is 3.86. The third-order valence-corrected chi connectivity index (χ3v) is 4.64. The lowest BCUT2D eigenvalue weighted by Gasteiger charge is -2.23. The fourth-order valence-electron chi connectivity index (χ4n) is 3.27. The Morgan fingerprint density at radius 1 is 1.25 bits per heavy atom. The minimum absolute atomic E-state index is 0.0391. The van der Waals surface area contributed by atoms with Gasteiger partial charge in [-0.15, -0.1) is 5.73 Å². The van der Waals surface area contributed by atoms with E-state index in [0.29, 0.717) is 6.42 Å². The van der Waals surface area contributed by atoms with Crippen molar-refractivity contribution in [1.82, 2.24) is 0 Å². The fraction of sp³-hybridized carbons (Fsp3) is 0.391. The number of Topliss-reactive ketones (excluding diaryl/α,β-unsaturated/α-hetero) is 1. The van der Waals surface area contributed by atoms with Crippen LogP contribution in [0.1, 0.15) is 68.9 Å². The molecule has 0 atom stereocenters. The van der Waals surface area contributed by atoms with Crippen LogP contribution in [-0.2, 0) is 5.41 Å². The lowest BCUT2D eigenvalue weighted by Crippen LogP contribution is -2.17. The Morgan fingerprint density at radius 3 is 2.50 bits per heavy atom. The van der Waals surface area contributed by atoms with Gasteiger partial charge in [-0.05, 0) is 49.3 Å². The van der Waals surface area contributed by atoms with Gasteiger partial charge in [0.25, 0.3) is 0 Å². The summed E-state index contributed by atoms with van der Waals surface area (Å²) in [6.45, 7) is 16.4. The lowest BCUT2D eigenvalue weighted by atomic mass is 9.81. The number of carbonyl (C=O) groups is 1. The molecule has 0 amide bonds. The second kappa shape index (κ2) is 6.79. The van der Waals surface area contributed by atoms with Gasteiger partial charge in [-0.3, -0.25) is 4.79 Å². The number of rotatable bonds is 4. The fourth-order valence-corrected chi connectivity index (χ4v) is 3.27. The molecule has 0 heterocycles. The summed E-state index contributed by atoms with van der Waals surface area (Å²) in [5.74, 6) is 0.209. The topological polar surface area (TPSA) is 17.1 Å². The van der Waals surface area contributed by atoms with E-state index in [9.17, 15) is 4.79 Å². The Morgan fingerprint density at radius 2 is 1.92 bits per heavy atom. The maximum absolute atomic E-state index is 12.9. The van der Waals surface area contributed by atoms with Crippen molar-refractivity contribution < 1.29 is 4.79 Å². The van der Waals surface area contributed by atoms with E-state index in [2.05, 4.69) is 59.1 Å². The quantitative estimate of drug-likeness (QED) is 0.474. The van der Waals surface area contributed by atoms with Gasteiger partial charge in [0.05, 0.1) is 0 Å². The molecule has 1 aromatic rings. The average Bonchev–Trinajstić information content (AvgIpc) is 2.85. The monoisotopic (exact) mass is 320 g/mol. The number of hydrogen-bond donors (Lipinski definition) is 0. The van der Waals surface area contributed by atoms with E-state index in [1.54, 1.807) is 0 Å². The maximum atomic E-state index is 12.9. The molecule has 0 fully saturated rings. The highest BCUT2D eigenvalue weighted by molar-refractivity contribution is 5.99. The van der Waals surface area contributed by atoms with Crippen molar-refractivity contribution in [3.8, 4) is 0 Å². The Balaban J connectivity index is 2.29. The van der Waals surface area contributed by atoms with Crippen LogP contribution in [0.4, 0.5) is 0 Å². The molecule has 0 spiro atoms. The zero-order valence-electron chi connectivity index (χ0n) is 15.8. The highest BCUT2D eigenvalue weighted by Crippen LogP contribution is 2.33. The molecule has 1 heteroatoms. The number of carbonyl (C=O) groups excluding carboxylic acids is 1. The molecule has 0 N–H and O–H groups in total. The Kier molecular flexibility index (Phi) is 5.16. The molecule has 0 radical (unpaired) electrons. The predicted octanol–water partition coefficient (Wildman–Crippen LogP) is 6.24. The van der Waals surface area contributed by atoms with E-state index >= 15 is 0 Å². The van der Waals surface area contributed by atoms with Crippen molar-refractivity contribution in [3.63, 3.8) is 0 Å². The van der Waals surface area contributed by atoms with Gasteiger partial charge in [-0.2, -0.15) is 0 Å². The van der Waals surface area contributed by atoms with Crippen LogP contribution < -0.4 is 0 Å². The zero-order chi connectivity index (χ0) is 18.1. The highest BCUT2D eigenvalue weighted by Gasteiger charge is 2.23. The number of allylic oxidation sites excluding steroid dienone is 5. The molecule has 1 aromatic carbocycles. The maximum Gasteiger partial charge on any atom is 0.167 e. The van der Waals surface area contributed by atoms with Gasteiger partial charge in [0.2, 0.25) is 0 Å². The van der Waals surface area contributed by atoms with E-state index in [4.69, 9.17) is 0 Å². The van der Waals surface area contributed by atoms with Gasteiger partial charge in [-0.25, -0.2) is 0 Å². The van der Waals surface area contributed by atoms with Crippen LogP contribution in [0.25, 0.3) is 0 Å². The smallest absolute Gasteiger partial charge is 0.167 e. The summed E-state index contributed by atoms with van der Waals surface area (Å²) < 4.78 is 0. The molecule has 0 unspecified atom stereocenters. The van der Waals surface area contributed by atoms with E-state index < -0.39 is 0 Å². The zero-order valence-corrected chi connectivity index (χ0v) is 15.8. The first-order chi connectivity index (χ1) is 11.1. The van der Waals surface area contributed by atoms with Crippen molar-refractivity contribution >= 4 is 5.78 Å². The SMILES string of the molecule is C=C=C(C)C1=C(C)CC(CC(=O)c2ccc(C)cc2C(C)(C)C)=C1. The lowest BCUT2D eigenvalue weighted by molar-refractivity contribution is 0.0990. The van der Waals surface area contributed by atoms with Gasteiger partial charge in [0.1, 0.15) is 0 Å². The largest absolute Gasteiger partial charge is 0.294 e. The van der Waals surface area contributed by atoms with E-state index in [0.717, 1.165) is 23.1 Å². The summed E-state index contributed by atoms with van der Waals surface area (Å²) in [4.78, 5) is 12.9. The van der Waals surface area contributed by atoms with Gasteiger partial charge in [0, 0.05) is 12.0 Å². The van der Waals surface area contributed by atoms with Crippen LogP contribution >= 0.6 is 0 Å². The van der Waals surface area contributed by atoms with Crippen molar-refractivity contribution in [1.29, 1.82) is 0 Å². The van der Waals surface area contributed by atoms with E-state index in [1.165, 1.54) is 22.3 Å². The number of ketones is 1. The summed E-state index contributed by atoms with van der Waals surface area (Å²) >= 11 is 0. The molecule has 0 aliphatic heterocycles. The normalized spacial score (nSPS) is 14.5. The molecule has 1 aliphatic rings.